The van der Waals surface area contributed by atoms with Gasteiger partial charge in [0.15, 0.2) is 5.78 Å². The molecule has 4 heteroatoms. The first-order chi connectivity index (χ1) is 5.52. The Balaban J connectivity index is 3.17. The first kappa shape index (κ1) is 8.93. The first-order valence-corrected chi connectivity index (χ1v) is 4.18. The van der Waals surface area contributed by atoms with Crippen LogP contribution in [-0.4, -0.2) is 16.9 Å². The molecule has 0 aliphatic heterocycles. The SMILES string of the molecule is CC(=O)c1cc(C)c(C(=O)O)s1. The van der Waals surface area contributed by atoms with Gasteiger partial charge in [0.1, 0.15) is 4.88 Å². The highest BCUT2D eigenvalue weighted by molar-refractivity contribution is 7.16. The zero-order valence-corrected chi connectivity index (χ0v) is 7.57. The Kier molecular flexibility index (Phi) is 2.28. The summed E-state index contributed by atoms with van der Waals surface area (Å²) in [6, 6.07) is 1.61. The van der Waals surface area contributed by atoms with Crippen LogP contribution in [0.3, 0.4) is 0 Å². The van der Waals surface area contributed by atoms with Crippen LogP contribution in [-0.2, 0) is 0 Å². The van der Waals surface area contributed by atoms with Gasteiger partial charge in [-0.3, -0.25) is 4.79 Å². The summed E-state index contributed by atoms with van der Waals surface area (Å²) in [5.74, 6) is -1.05. The van der Waals surface area contributed by atoms with E-state index in [1.54, 1.807) is 13.0 Å². The Morgan fingerprint density at radius 1 is 1.50 bits per heavy atom. The maximum Gasteiger partial charge on any atom is 0.346 e. The van der Waals surface area contributed by atoms with Gasteiger partial charge in [0.2, 0.25) is 0 Å². The Bertz CT molecular complexity index is 338. The quantitative estimate of drug-likeness (QED) is 0.715. The predicted octanol–water partition coefficient (Wildman–Crippen LogP) is 1.96. The molecule has 0 unspecified atom stereocenters. The molecule has 1 rings (SSSR count). The second-order valence-electron chi connectivity index (χ2n) is 2.48. The smallest absolute Gasteiger partial charge is 0.346 e. The lowest BCUT2D eigenvalue weighted by atomic mass is 10.2. The molecule has 64 valence electrons. The van der Waals surface area contributed by atoms with Crippen LogP contribution in [0.4, 0.5) is 0 Å². The maximum absolute atomic E-state index is 10.9. The van der Waals surface area contributed by atoms with Crippen LogP contribution in [0.25, 0.3) is 0 Å². The number of aromatic carboxylic acids is 1. The van der Waals surface area contributed by atoms with E-state index in [-0.39, 0.29) is 10.7 Å². The van der Waals surface area contributed by atoms with Crippen molar-refractivity contribution in [3.63, 3.8) is 0 Å². The van der Waals surface area contributed by atoms with Crippen molar-refractivity contribution in [1.29, 1.82) is 0 Å². The van der Waals surface area contributed by atoms with Gasteiger partial charge in [-0.1, -0.05) is 0 Å². The number of carboxylic acids is 1. The standard InChI is InChI=1S/C8H8O3S/c1-4-3-6(5(2)9)12-7(4)8(10)11/h3H,1-2H3,(H,10,11). The fourth-order valence-corrected chi connectivity index (χ4v) is 1.77. The van der Waals surface area contributed by atoms with E-state index in [1.807, 2.05) is 0 Å². The van der Waals surface area contributed by atoms with Gasteiger partial charge < -0.3 is 5.11 Å². The van der Waals surface area contributed by atoms with Gasteiger partial charge in [0.25, 0.3) is 0 Å². The molecule has 1 aromatic heterocycles. The van der Waals surface area contributed by atoms with Crippen molar-refractivity contribution in [2.24, 2.45) is 0 Å². The van der Waals surface area contributed by atoms with Gasteiger partial charge >= 0.3 is 5.97 Å². The Hall–Kier alpha value is -1.16. The highest BCUT2D eigenvalue weighted by atomic mass is 32.1. The van der Waals surface area contributed by atoms with Gasteiger partial charge in [-0.2, -0.15) is 0 Å². The van der Waals surface area contributed by atoms with Crippen molar-refractivity contribution in [1.82, 2.24) is 0 Å². The highest BCUT2D eigenvalue weighted by Crippen LogP contribution is 2.21. The summed E-state index contributed by atoms with van der Waals surface area (Å²) in [5.41, 5.74) is 0.651. The lowest BCUT2D eigenvalue weighted by molar-refractivity contribution is 0.0701. The summed E-state index contributed by atoms with van der Waals surface area (Å²) in [6.07, 6.45) is 0. The van der Waals surface area contributed by atoms with Crippen molar-refractivity contribution >= 4 is 23.1 Å². The molecule has 3 nitrogen and oxygen atoms in total. The summed E-state index contributed by atoms with van der Waals surface area (Å²) in [4.78, 5) is 22.2. The molecule has 12 heavy (non-hydrogen) atoms. The van der Waals surface area contributed by atoms with Crippen molar-refractivity contribution in [3.05, 3.63) is 21.4 Å². The largest absolute Gasteiger partial charge is 0.477 e. The number of carbonyl (C=O) groups excluding carboxylic acids is 1. The molecule has 0 aromatic carbocycles. The van der Waals surface area contributed by atoms with E-state index in [0.717, 1.165) is 11.3 Å². The third-order valence-electron chi connectivity index (χ3n) is 1.46. The number of hydrogen-bond donors (Lipinski definition) is 1. The number of thiophene rings is 1. The number of aryl methyl sites for hydroxylation is 1. The van der Waals surface area contributed by atoms with Crippen molar-refractivity contribution in [2.45, 2.75) is 13.8 Å². The minimum Gasteiger partial charge on any atom is -0.477 e. The summed E-state index contributed by atoms with van der Waals surface area (Å²) in [6.45, 7) is 3.11. The average Bonchev–Trinajstić information content (AvgIpc) is 2.30. The molecule has 1 aromatic rings. The van der Waals surface area contributed by atoms with Gasteiger partial charge in [0.05, 0.1) is 4.88 Å². The van der Waals surface area contributed by atoms with Crippen LogP contribution in [0.2, 0.25) is 0 Å². The number of ketones is 1. The van der Waals surface area contributed by atoms with E-state index in [4.69, 9.17) is 5.11 Å². The van der Waals surface area contributed by atoms with Crippen LogP contribution in [0, 0.1) is 6.92 Å². The van der Waals surface area contributed by atoms with Crippen LogP contribution in [0.15, 0.2) is 6.07 Å². The number of carbonyl (C=O) groups is 2. The van der Waals surface area contributed by atoms with Crippen LogP contribution in [0.5, 0.6) is 0 Å². The van der Waals surface area contributed by atoms with Gasteiger partial charge in [-0.25, -0.2) is 4.79 Å². The molecular weight excluding hydrogens is 176 g/mol. The molecule has 1 heterocycles. The van der Waals surface area contributed by atoms with E-state index in [1.165, 1.54) is 6.92 Å². The van der Waals surface area contributed by atoms with Gasteiger partial charge in [-0.05, 0) is 25.5 Å². The van der Waals surface area contributed by atoms with Gasteiger partial charge in [0, 0.05) is 0 Å². The molecule has 0 aliphatic rings. The molecule has 0 bridgehead atoms. The molecule has 0 amide bonds. The Morgan fingerprint density at radius 2 is 2.08 bits per heavy atom. The summed E-state index contributed by atoms with van der Waals surface area (Å²) >= 11 is 1.03. The topological polar surface area (TPSA) is 54.4 Å². The van der Waals surface area contributed by atoms with Gasteiger partial charge in [-0.15, -0.1) is 11.3 Å². The second-order valence-corrected chi connectivity index (χ2v) is 3.54. The molecule has 0 radical (unpaired) electrons. The molecular formula is C8H8O3S. The third-order valence-corrected chi connectivity index (χ3v) is 2.78. The van der Waals surface area contributed by atoms with E-state index < -0.39 is 5.97 Å². The summed E-state index contributed by atoms with van der Waals surface area (Å²) < 4.78 is 0. The molecule has 0 aliphatic carbocycles. The minimum absolute atomic E-state index is 0.0874. The molecule has 0 atom stereocenters. The zero-order valence-electron chi connectivity index (χ0n) is 6.75. The highest BCUT2D eigenvalue weighted by Gasteiger charge is 2.13. The molecule has 0 fully saturated rings. The number of hydrogen-bond acceptors (Lipinski definition) is 3. The number of rotatable bonds is 2. The normalized spacial score (nSPS) is 9.83. The van der Waals surface area contributed by atoms with Crippen LogP contribution in [0.1, 0.15) is 31.8 Å². The van der Waals surface area contributed by atoms with E-state index in [2.05, 4.69) is 0 Å². The lowest BCUT2D eigenvalue weighted by Crippen LogP contribution is -1.93. The fraction of sp³-hybridized carbons (Fsp3) is 0.250. The summed E-state index contributed by atoms with van der Waals surface area (Å²) in [5, 5.41) is 8.66. The first-order valence-electron chi connectivity index (χ1n) is 3.37. The van der Waals surface area contributed by atoms with Crippen molar-refractivity contribution in [2.75, 3.05) is 0 Å². The third kappa shape index (κ3) is 1.53. The Morgan fingerprint density at radius 3 is 2.33 bits per heavy atom. The average molecular weight is 184 g/mol. The van der Waals surface area contributed by atoms with E-state index in [0.29, 0.717) is 10.4 Å². The number of carboxylic acid groups (broad SMARTS) is 1. The second kappa shape index (κ2) is 3.06. The summed E-state index contributed by atoms with van der Waals surface area (Å²) in [7, 11) is 0. The zero-order chi connectivity index (χ0) is 9.30. The number of Topliss-reactive ketones (excluding diaryl/α,β-unsaturated/α-hetero) is 1. The Labute approximate surface area is 73.6 Å². The van der Waals surface area contributed by atoms with Crippen LogP contribution < -0.4 is 0 Å². The molecule has 0 saturated heterocycles. The van der Waals surface area contributed by atoms with Crippen molar-refractivity contribution < 1.29 is 14.7 Å². The van der Waals surface area contributed by atoms with E-state index >= 15 is 0 Å². The van der Waals surface area contributed by atoms with E-state index in [9.17, 15) is 9.59 Å². The van der Waals surface area contributed by atoms with Crippen LogP contribution >= 0.6 is 11.3 Å². The minimum atomic E-state index is -0.968. The van der Waals surface area contributed by atoms with Crippen molar-refractivity contribution in [3.8, 4) is 0 Å². The monoisotopic (exact) mass is 184 g/mol. The molecule has 1 N–H and O–H groups in total. The maximum atomic E-state index is 10.9. The molecule has 0 saturated carbocycles. The predicted molar refractivity (Wildman–Crippen MR) is 46.0 cm³/mol. The lowest BCUT2D eigenvalue weighted by Gasteiger charge is -1.86. The molecule has 0 spiro atoms. The fourth-order valence-electron chi connectivity index (χ4n) is 0.868.